The second kappa shape index (κ2) is 4.82. The molecule has 0 spiro atoms. The molecule has 0 bridgehead atoms. The zero-order valence-electron chi connectivity index (χ0n) is 10.4. The molecule has 1 aromatic carbocycles. The van der Waals surface area contributed by atoms with Crippen molar-refractivity contribution in [3.63, 3.8) is 0 Å². The van der Waals surface area contributed by atoms with Crippen molar-refractivity contribution in [3.05, 3.63) is 48.7 Å². The molecule has 19 heavy (non-hydrogen) atoms. The van der Waals surface area contributed by atoms with Crippen LogP contribution in [0.3, 0.4) is 0 Å². The molecule has 96 valence electrons. The Morgan fingerprint density at radius 3 is 2.53 bits per heavy atom. The molecule has 0 radical (unpaired) electrons. The van der Waals surface area contributed by atoms with Gasteiger partial charge in [0, 0.05) is 5.56 Å². The second-order valence-electron chi connectivity index (χ2n) is 4.63. The highest BCUT2D eigenvalue weighted by molar-refractivity contribution is 5.96. The van der Waals surface area contributed by atoms with Gasteiger partial charge < -0.3 is 10.0 Å². The highest BCUT2D eigenvalue weighted by atomic mass is 16.3. The van der Waals surface area contributed by atoms with Gasteiger partial charge in [-0.25, -0.2) is 0 Å². The van der Waals surface area contributed by atoms with Crippen molar-refractivity contribution >= 4 is 11.6 Å². The molecule has 2 aromatic rings. The predicted octanol–water partition coefficient (Wildman–Crippen LogP) is 1.85. The molecule has 1 aromatic heterocycles. The Morgan fingerprint density at radius 1 is 1.16 bits per heavy atom. The Kier molecular flexibility index (Phi) is 3.01. The van der Waals surface area contributed by atoms with Crippen LogP contribution in [0.15, 0.2) is 48.7 Å². The van der Waals surface area contributed by atoms with Crippen LogP contribution in [0.25, 0.3) is 11.3 Å². The molecule has 4 heteroatoms. The Bertz CT molecular complexity index is 581. The summed E-state index contributed by atoms with van der Waals surface area (Å²) in [5.41, 5.74) is 2.65. The van der Waals surface area contributed by atoms with E-state index in [0.29, 0.717) is 6.54 Å². The largest absolute Gasteiger partial charge is 0.391 e. The van der Waals surface area contributed by atoms with Crippen LogP contribution in [-0.4, -0.2) is 28.6 Å². The molecule has 3 rings (SSSR count). The van der Waals surface area contributed by atoms with Crippen LogP contribution in [0.5, 0.6) is 0 Å². The lowest BCUT2D eigenvalue weighted by Gasteiger charge is -2.15. The topological polar surface area (TPSA) is 53.4 Å². The third-order valence-electron chi connectivity index (χ3n) is 3.23. The number of aliphatic hydroxyl groups is 1. The van der Waals surface area contributed by atoms with E-state index in [0.717, 1.165) is 16.9 Å². The first-order valence-electron chi connectivity index (χ1n) is 6.24. The number of rotatable bonds is 2. The van der Waals surface area contributed by atoms with E-state index in [1.54, 1.807) is 11.1 Å². The Balaban J connectivity index is 1.86. The summed E-state index contributed by atoms with van der Waals surface area (Å²) >= 11 is 0. The first-order valence-corrected chi connectivity index (χ1v) is 6.24. The van der Waals surface area contributed by atoms with E-state index in [2.05, 4.69) is 4.98 Å². The second-order valence-corrected chi connectivity index (χ2v) is 4.63. The maximum atomic E-state index is 11.7. The lowest BCUT2D eigenvalue weighted by Crippen LogP contribution is -2.25. The number of aromatic nitrogens is 1. The standard InChI is InChI=1S/C15H14N2O2/c18-13-8-15(19)17(10-13)12-6-7-14(16-9-12)11-4-2-1-3-5-11/h1-7,9,13,18H,8,10H2. The molecule has 1 N–H and O–H groups in total. The van der Waals surface area contributed by atoms with Gasteiger partial charge in [0.05, 0.1) is 36.6 Å². The molecule has 4 nitrogen and oxygen atoms in total. The predicted molar refractivity (Wildman–Crippen MR) is 72.6 cm³/mol. The van der Waals surface area contributed by atoms with Gasteiger partial charge in [-0.05, 0) is 12.1 Å². The molecular weight excluding hydrogens is 240 g/mol. The van der Waals surface area contributed by atoms with E-state index in [1.165, 1.54) is 0 Å². The fourth-order valence-corrected chi connectivity index (χ4v) is 2.26. The number of carbonyl (C=O) groups excluding carboxylic acids is 1. The summed E-state index contributed by atoms with van der Waals surface area (Å²) in [6, 6.07) is 13.6. The average Bonchev–Trinajstić information content (AvgIpc) is 2.79. The SMILES string of the molecule is O=C1CC(O)CN1c1ccc(-c2ccccc2)nc1. The maximum Gasteiger partial charge on any atom is 0.229 e. The quantitative estimate of drug-likeness (QED) is 0.889. The van der Waals surface area contributed by atoms with Gasteiger partial charge in [0.15, 0.2) is 0 Å². The summed E-state index contributed by atoms with van der Waals surface area (Å²) in [5.74, 6) is -0.0539. The minimum Gasteiger partial charge on any atom is -0.391 e. The van der Waals surface area contributed by atoms with E-state index in [-0.39, 0.29) is 12.3 Å². The molecule has 0 aliphatic carbocycles. The Labute approximate surface area is 111 Å². The molecule has 1 aliphatic rings. The van der Waals surface area contributed by atoms with Crippen molar-refractivity contribution in [2.24, 2.45) is 0 Å². The van der Waals surface area contributed by atoms with E-state index in [9.17, 15) is 9.90 Å². The van der Waals surface area contributed by atoms with E-state index in [4.69, 9.17) is 0 Å². The maximum absolute atomic E-state index is 11.7. The normalized spacial score (nSPS) is 18.9. The third kappa shape index (κ3) is 2.35. The Morgan fingerprint density at radius 2 is 1.95 bits per heavy atom. The van der Waals surface area contributed by atoms with Crippen LogP contribution >= 0.6 is 0 Å². The number of pyridine rings is 1. The molecule has 1 saturated heterocycles. The van der Waals surface area contributed by atoms with E-state index < -0.39 is 6.10 Å². The van der Waals surface area contributed by atoms with Crippen molar-refractivity contribution in [2.45, 2.75) is 12.5 Å². The molecule has 1 aliphatic heterocycles. The fraction of sp³-hybridized carbons (Fsp3) is 0.200. The summed E-state index contributed by atoms with van der Waals surface area (Å²) in [6.45, 7) is 0.352. The molecule has 1 atom stereocenters. The van der Waals surface area contributed by atoms with Crippen molar-refractivity contribution in [2.75, 3.05) is 11.4 Å². The summed E-state index contributed by atoms with van der Waals surface area (Å²) in [6.07, 6.45) is 1.31. The number of anilines is 1. The average molecular weight is 254 g/mol. The molecule has 1 unspecified atom stereocenters. The first-order chi connectivity index (χ1) is 9.24. The van der Waals surface area contributed by atoms with Gasteiger partial charge in [-0.15, -0.1) is 0 Å². The third-order valence-corrected chi connectivity index (χ3v) is 3.23. The van der Waals surface area contributed by atoms with Gasteiger partial charge in [0.1, 0.15) is 0 Å². The molecule has 2 heterocycles. The van der Waals surface area contributed by atoms with Crippen LogP contribution < -0.4 is 4.90 Å². The lowest BCUT2D eigenvalue weighted by atomic mass is 10.1. The molecular formula is C15H14N2O2. The van der Waals surface area contributed by atoms with E-state index in [1.807, 2.05) is 42.5 Å². The number of aliphatic hydroxyl groups excluding tert-OH is 1. The molecule has 1 fully saturated rings. The minimum atomic E-state index is -0.568. The Hall–Kier alpha value is -2.20. The van der Waals surface area contributed by atoms with Crippen LogP contribution in [0.4, 0.5) is 5.69 Å². The number of hydrogen-bond acceptors (Lipinski definition) is 3. The van der Waals surface area contributed by atoms with Crippen LogP contribution in [0, 0.1) is 0 Å². The van der Waals surface area contributed by atoms with Gasteiger partial charge in [-0.1, -0.05) is 30.3 Å². The van der Waals surface area contributed by atoms with Gasteiger partial charge >= 0.3 is 0 Å². The zero-order valence-corrected chi connectivity index (χ0v) is 10.4. The van der Waals surface area contributed by atoms with Crippen molar-refractivity contribution in [1.82, 2.24) is 4.98 Å². The van der Waals surface area contributed by atoms with Crippen LogP contribution in [0.2, 0.25) is 0 Å². The fourth-order valence-electron chi connectivity index (χ4n) is 2.26. The number of nitrogens with zero attached hydrogens (tertiary/aromatic N) is 2. The summed E-state index contributed by atoms with van der Waals surface area (Å²) < 4.78 is 0. The van der Waals surface area contributed by atoms with Gasteiger partial charge in [-0.2, -0.15) is 0 Å². The minimum absolute atomic E-state index is 0.0539. The monoisotopic (exact) mass is 254 g/mol. The highest BCUT2D eigenvalue weighted by Crippen LogP contribution is 2.23. The number of carbonyl (C=O) groups is 1. The molecule has 0 saturated carbocycles. The summed E-state index contributed by atoms with van der Waals surface area (Å²) in [7, 11) is 0. The number of β-amino-alcohol motifs (C(OH)–C–C–N with tert-alkyl or cyclic N) is 1. The van der Waals surface area contributed by atoms with Crippen molar-refractivity contribution < 1.29 is 9.90 Å². The molecule has 1 amide bonds. The summed E-state index contributed by atoms with van der Waals surface area (Å²) in [4.78, 5) is 17.6. The lowest BCUT2D eigenvalue weighted by molar-refractivity contribution is -0.117. The smallest absolute Gasteiger partial charge is 0.229 e. The van der Waals surface area contributed by atoms with Crippen LogP contribution in [-0.2, 0) is 4.79 Å². The van der Waals surface area contributed by atoms with E-state index >= 15 is 0 Å². The number of hydrogen-bond donors (Lipinski definition) is 1. The van der Waals surface area contributed by atoms with Gasteiger partial charge in [0.2, 0.25) is 5.91 Å². The zero-order chi connectivity index (χ0) is 13.2. The van der Waals surface area contributed by atoms with Crippen molar-refractivity contribution in [3.8, 4) is 11.3 Å². The first kappa shape index (κ1) is 11.9. The van der Waals surface area contributed by atoms with Crippen molar-refractivity contribution in [1.29, 1.82) is 0 Å². The van der Waals surface area contributed by atoms with Crippen LogP contribution in [0.1, 0.15) is 6.42 Å². The summed E-state index contributed by atoms with van der Waals surface area (Å²) in [5, 5.41) is 9.48. The number of benzene rings is 1. The van der Waals surface area contributed by atoms with Gasteiger partial charge in [0.25, 0.3) is 0 Å². The van der Waals surface area contributed by atoms with Gasteiger partial charge in [-0.3, -0.25) is 9.78 Å². The highest BCUT2D eigenvalue weighted by Gasteiger charge is 2.29. The number of amides is 1.